The lowest BCUT2D eigenvalue weighted by atomic mass is 10.3. The molecule has 0 bridgehead atoms. The van der Waals surface area contributed by atoms with E-state index in [2.05, 4.69) is 21.5 Å². The summed E-state index contributed by atoms with van der Waals surface area (Å²) in [5.74, 6) is -0.415. The van der Waals surface area contributed by atoms with Crippen LogP contribution in [0.3, 0.4) is 0 Å². The summed E-state index contributed by atoms with van der Waals surface area (Å²) in [6, 6.07) is 5.14. The molecule has 2 rings (SSSR count). The zero-order chi connectivity index (χ0) is 6.97. The maximum Gasteiger partial charge on any atom is 0.133 e. The fraction of sp³-hybridized carbons (Fsp3) is 0. The van der Waals surface area contributed by atoms with Gasteiger partial charge in [0.05, 0.1) is 5.52 Å². The van der Waals surface area contributed by atoms with Crippen molar-refractivity contribution in [1.29, 1.82) is 0 Å². The summed E-state index contributed by atoms with van der Waals surface area (Å²) in [4.78, 5) is 0. The van der Waals surface area contributed by atoms with Crippen LogP contribution in [0.15, 0.2) is 12.1 Å². The minimum Gasteiger partial charge on any atom is -0.258 e. The third-order valence-electron chi connectivity index (χ3n) is 1.22. The lowest BCUT2D eigenvalue weighted by Gasteiger charge is -1.83. The van der Waals surface area contributed by atoms with Crippen LogP contribution in [-0.4, -0.2) is 15.4 Å². The third-order valence-corrected chi connectivity index (χ3v) is 1.22. The Bertz CT molecular complexity index is 355. The second-order valence-corrected chi connectivity index (χ2v) is 1.89. The van der Waals surface area contributed by atoms with Crippen molar-refractivity contribution in [3.63, 3.8) is 0 Å². The summed E-state index contributed by atoms with van der Waals surface area (Å²) in [6.07, 6.45) is 0. The molecular weight excluding hydrogens is 133 g/mol. The van der Waals surface area contributed by atoms with Gasteiger partial charge in [0.25, 0.3) is 0 Å². The van der Waals surface area contributed by atoms with Crippen molar-refractivity contribution in [2.75, 3.05) is 0 Å². The van der Waals surface area contributed by atoms with Gasteiger partial charge in [-0.15, -0.1) is 5.10 Å². The standard InChI is InChI=1S/C6H3FN3/c7-4-1-2-5-6(3-4)9-10-8-5/h2-3H,(H,8,9,10). The van der Waals surface area contributed by atoms with E-state index in [0.717, 1.165) is 0 Å². The van der Waals surface area contributed by atoms with Gasteiger partial charge >= 0.3 is 0 Å². The van der Waals surface area contributed by atoms with E-state index < -0.39 is 5.82 Å². The fourth-order valence-electron chi connectivity index (χ4n) is 0.760. The summed E-state index contributed by atoms with van der Waals surface area (Å²) in [7, 11) is 0. The number of aromatic amines is 1. The molecule has 10 heavy (non-hydrogen) atoms. The van der Waals surface area contributed by atoms with E-state index in [-0.39, 0.29) is 0 Å². The van der Waals surface area contributed by atoms with E-state index in [1.165, 1.54) is 12.1 Å². The average Bonchev–Trinajstić information content (AvgIpc) is 2.33. The monoisotopic (exact) mass is 136 g/mol. The molecule has 0 unspecified atom stereocenters. The van der Waals surface area contributed by atoms with Gasteiger partial charge in [-0.25, -0.2) is 4.39 Å². The number of nitrogens with zero attached hydrogens (tertiary/aromatic N) is 2. The lowest BCUT2D eigenvalue weighted by molar-refractivity contribution is 0.627. The van der Waals surface area contributed by atoms with Gasteiger partial charge in [-0.1, -0.05) is 5.21 Å². The topological polar surface area (TPSA) is 41.6 Å². The Balaban J connectivity index is 2.86. The number of aromatic nitrogens is 3. The van der Waals surface area contributed by atoms with Crippen LogP contribution in [0.2, 0.25) is 0 Å². The maximum absolute atomic E-state index is 12.4. The van der Waals surface area contributed by atoms with Gasteiger partial charge in [-0.2, -0.15) is 0 Å². The largest absolute Gasteiger partial charge is 0.258 e. The Morgan fingerprint density at radius 1 is 1.60 bits per heavy atom. The molecule has 0 spiro atoms. The molecule has 0 aliphatic carbocycles. The van der Waals surface area contributed by atoms with Crippen LogP contribution < -0.4 is 0 Å². The smallest absolute Gasteiger partial charge is 0.133 e. The number of nitrogens with one attached hydrogen (secondary N) is 1. The van der Waals surface area contributed by atoms with Crippen molar-refractivity contribution in [2.45, 2.75) is 0 Å². The summed E-state index contributed by atoms with van der Waals surface area (Å²) in [5.41, 5.74) is 1.22. The Kier molecular flexibility index (Phi) is 0.943. The lowest BCUT2D eigenvalue weighted by Crippen LogP contribution is -1.73. The quantitative estimate of drug-likeness (QED) is 0.584. The van der Waals surface area contributed by atoms with Gasteiger partial charge < -0.3 is 0 Å². The SMILES string of the molecule is Fc1[c]cc2[nH]nnc2c1. The van der Waals surface area contributed by atoms with Gasteiger partial charge in [0.2, 0.25) is 0 Å². The van der Waals surface area contributed by atoms with E-state index in [1.54, 1.807) is 0 Å². The van der Waals surface area contributed by atoms with Crippen molar-refractivity contribution in [1.82, 2.24) is 15.4 Å². The van der Waals surface area contributed by atoms with Gasteiger partial charge in [0.15, 0.2) is 0 Å². The van der Waals surface area contributed by atoms with Crippen LogP contribution in [0, 0.1) is 11.9 Å². The summed E-state index contributed by atoms with van der Waals surface area (Å²) >= 11 is 0. The van der Waals surface area contributed by atoms with Crippen LogP contribution in [0.5, 0.6) is 0 Å². The number of rotatable bonds is 0. The molecule has 3 nitrogen and oxygen atoms in total. The molecule has 0 atom stereocenters. The van der Waals surface area contributed by atoms with E-state index in [0.29, 0.717) is 11.0 Å². The van der Waals surface area contributed by atoms with Gasteiger partial charge in [-0.05, 0) is 6.07 Å². The molecule has 4 heteroatoms. The Hall–Kier alpha value is -1.45. The molecule has 0 aliphatic rings. The van der Waals surface area contributed by atoms with Crippen LogP contribution >= 0.6 is 0 Å². The highest BCUT2D eigenvalue weighted by Crippen LogP contribution is 2.07. The van der Waals surface area contributed by atoms with E-state index in [9.17, 15) is 4.39 Å². The molecule has 1 aromatic heterocycles. The van der Waals surface area contributed by atoms with Crippen LogP contribution in [-0.2, 0) is 0 Å². The Morgan fingerprint density at radius 2 is 2.50 bits per heavy atom. The maximum atomic E-state index is 12.4. The molecule has 0 fully saturated rings. The number of hydrogen-bond donors (Lipinski definition) is 1. The number of benzene rings is 1. The van der Waals surface area contributed by atoms with Gasteiger partial charge in [0.1, 0.15) is 11.3 Å². The van der Waals surface area contributed by atoms with Crippen molar-refractivity contribution >= 4 is 11.0 Å². The van der Waals surface area contributed by atoms with E-state index in [4.69, 9.17) is 0 Å². The normalized spacial score (nSPS) is 10.5. The van der Waals surface area contributed by atoms with Crippen molar-refractivity contribution in [3.05, 3.63) is 24.0 Å². The number of H-pyrrole nitrogens is 1. The molecule has 1 aromatic carbocycles. The Morgan fingerprint density at radius 3 is 3.40 bits per heavy atom. The molecule has 0 aliphatic heterocycles. The molecule has 0 saturated heterocycles. The first kappa shape index (κ1) is 5.34. The molecule has 0 amide bonds. The molecule has 1 heterocycles. The first-order chi connectivity index (χ1) is 4.86. The molecule has 49 valence electrons. The second-order valence-electron chi connectivity index (χ2n) is 1.89. The predicted octanol–water partition coefficient (Wildman–Crippen LogP) is 0.897. The summed E-state index contributed by atoms with van der Waals surface area (Å²) < 4.78 is 12.4. The van der Waals surface area contributed by atoms with Crippen molar-refractivity contribution < 1.29 is 4.39 Å². The number of halogens is 1. The zero-order valence-electron chi connectivity index (χ0n) is 4.93. The minimum atomic E-state index is -0.415. The van der Waals surface area contributed by atoms with Crippen LogP contribution in [0.25, 0.3) is 11.0 Å². The first-order valence-corrected chi connectivity index (χ1v) is 2.74. The van der Waals surface area contributed by atoms with Crippen molar-refractivity contribution in [3.8, 4) is 0 Å². The first-order valence-electron chi connectivity index (χ1n) is 2.74. The molecular formula is C6H3FN3. The third kappa shape index (κ3) is 0.655. The second kappa shape index (κ2) is 1.76. The molecule has 1 radical (unpaired) electrons. The van der Waals surface area contributed by atoms with Crippen LogP contribution in [0.4, 0.5) is 4.39 Å². The summed E-state index contributed by atoms with van der Waals surface area (Å²) in [5, 5.41) is 9.68. The minimum absolute atomic E-state index is 0.415. The summed E-state index contributed by atoms with van der Waals surface area (Å²) in [6.45, 7) is 0. The zero-order valence-corrected chi connectivity index (χ0v) is 4.93. The highest BCUT2D eigenvalue weighted by Gasteiger charge is 1.96. The van der Waals surface area contributed by atoms with E-state index in [1.807, 2.05) is 0 Å². The van der Waals surface area contributed by atoms with Crippen molar-refractivity contribution in [2.24, 2.45) is 0 Å². The number of fused-ring (bicyclic) bond motifs is 1. The average molecular weight is 136 g/mol. The fourth-order valence-corrected chi connectivity index (χ4v) is 0.760. The van der Waals surface area contributed by atoms with Gasteiger partial charge in [0, 0.05) is 12.1 Å². The molecule has 1 N–H and O–H groups in total. The molecule has 2 aromatic rings. The Labute approximate surface area is 55.9 Å². The highest BCUT2D eigenvalue weighted by atomic mass is 19.1. The number of hydrogen-bond acceptors (Lipinski definition) is 2. The van der Waals surface area contributed by atoms with E-state index >= 15 is 0 Å². The predicted molar refractivity (Wildman–Crippen MR) is 32.7 cm³/mol. The highest BCUT2D eigenvalue weighted by molar-refractivity contribution is 5.72. The van der Waals surface area contributed by atoms with Gasteiger partial charge in [-0.3, -0.25) is 5.10 Å². The van der Waals surface area contributed by atoms with Crippen LogP contribution in [0.1, 0.15) is 0 Å². The molecule has 0 saturated carbocycles.